The monoisotopic (exact) mass is 464 g/mol. The van der Waals surface area contributed by atoms with Gasteiger partial charge in [0.15, 0.2) is 0 Å². The maximum absolute atomic E-state index is 10.7. The van der Waals surface area contributed by atoms with Crippen LogP contribution in [0.3, 0.4) is 0 Å². The molecule has 35 heavy (non-hydrogen) atoms. The highest BCUT2D eigenvalue weighted by atomic mass is 16.7. The summed E-state index contributed by atoms with van der Waals surface area (Å²) in [5.41, 5.74) is 2.10. The molecule has 0 radical (unpaired) electrons. The highest BCUT2D eigenvalue weighted by molar-refractivity contribution is 5.47. The van der Waals surface area contributed by atoms with Gasteiger partial charge in [0.2, 0.25) is 6.29 Å². The van der Waals surface area contributed by atoms with Crippen LogP contribution in [0.4, 0.5) is 0 Å². The Bertz CT molecular complexity index is 1110. The summed E-state index contributed by atoms with van der Waals surface area (Å²) < 4.78 is 18.9. The molecule has 0 bridgehead atoms. The molecule has 1 aliphatic heterocycles. The number of hydrogen-bond donors (Lipinski definition) is 1. The number of benzene rings is 4. The van der Waals surface area contributed by atoms with E-state index in [9.17, 15) is 5.11 Å². The van der Waals surface area contributed by atoms with Gasteiger partial charge < -0.3 is 19.3 Å². The van der Waals surface area contributed by atoms with Crippen molar-refractivity contribution in [1.29, 1.82) is 0 Å². The summed E-state index contributed by atoms with van der Waals surface area (Å²) in [6.45, 7) is 0.152. The van der Waals surface area contributed by atoms with Crippen LogP contribution >= 0.6 is 0 Å². The van der Waals surface area contributed by atoms with Crippen molar-refractivity contribution in [3.63, 3.8) is 0 Å². The predicted octanol–water partition coefficient (Wildman–Crippen LogP) is 5.72. The number of rotatable bonds is 8. The summed E-state index contributed by atoms with van der Waals surface area (Å²) in [6, 6.07) is 40.0. The fourth-order valence-corrected chi connectivity index (χ4v) is 4.44. The van der Waals surface area contributed by atoms with Crippen LogP contribution in [0.25, 0.3) is 0 Å². The second-order valence-corrected chi connectivity index (χ2v) is 8.44. The zero-order chi connectivity index (χ0) is 23.9. The highest BCUT2D eigenvalue weighted by Gasteiger charge is 2.39. The van der Waals surface area contributed by atoms with E-state index in [1.165, 1.54) is 0 Å². The van der Waals surface area contributed by atoms with Gasteiger partial charge in [-0.05, 0) is 34.9 Å². The fourth-order valence-electron chi connectivity index (χ4n) is 4.44. The van der Waals surface area contributed by atoms with E-state index in [0.717, 1.165) is 16.7 Å². The van der Waals surface area contributed by atoms with Crippen LogP contribution in [0.15, 0.2) is 133 Å². The lowest BCUT2D eigenvalue weighted by atomic mass is 9.80. The van der Waals surface area contributed by atoms with Crippen molar-refractivity contribution >= 4 is 0 Å². The first kappa shape index (κ1) is 23.1. The molecule has 0 fully saturated rings. The van der Waals surface area contributed by atoms with Crippen molar-refractivity contribution in [2.75, 3.05) is 6.61 Å². The molecule has 0 aliphatic carbocycles. The molecule has 0 saturated carbocycles. The number of para-hydroxylation sites is 1. The van der Waals surface area contributed by atoms with E-state index in [2.05, 4.69) is 36.4 Å². The molecule has 0 amide bonds. The Morgan fingerprint density at radius 1 is 0.629 bits per heavy atom. The Morgan fingerprint density at radius 2 is 1.09 bits per heavy atom. The Labute approximate surface area is 206 Å². The van der Waals surface area contributed by atoms with Gasteiger partial charge in [-0.3, -0.25) is 0 Å². The zero-order valence-electron chi connectivity index (χ0n) is 19.3. The average Bonchev–Trinajstić information content (AvgIpc) is 2.93. The van der Waals surface area contributed by atoms with E-state index in [-0.39, 0.29) is 6.61 Å². The third-order valence-electron chi connectivity index (χ3n) is 6.16. The molecule has 1 N–H and O–H groups in total. The summed E-state index contributed by atoms with van der Waals surface area (Å²) >= 11 is 0. The molecule has 0 aromatic heterocycles. The van der Waals surface area contributed by atoms with E-state index in [4.69, 9.17) is 14.2 Å². The van der Waals surface area contributed by atoms with Gasteiger partial charge in [0.25, 0.3) is 0 Å². The van der Waals surface area contributed by atoms with Gasteiger partial charge in [0.05, 0.1) is 6.61 Å². The molecule has 0 saturated heterocycles. The Kier molecular flexibility index (Phi) is 7.05. The lowest BCUT2D eigenvalue weighted by Crippen LogP contribution is -2.44. The van der Waals surface area contributed by atoms with Gasteiger partial charge in [-0.1, -0.05) is 115 Å². The number of aliphatic hydroxyl groups is 1. The van der Waals surface area contributed by atoms with Crippen LogP contribution in [0, 0.1) is 0 Å². The summed E-state index contributed by atoms with van der Waals surface area (Å²) in [4.78, 5) is 0. The second-order valence-electron chi connectivity index (χ2n) is 8.44. The quantitative estimate of drug-likeness (QED) is 0.268. The summed E-state index contributed by atoms with van der Waals surface area (Å²) in [5, 5.41) is 10.7. The molecule has 5 rings (SSSR count). The van der Waals surface area contributed by atoms with Gasteiger partial charge in [-0.2, -0.15) is 0 Å². The Hall–Kier alpha value is -3.70. The van der Waals surface area contributed by atoms with Crippen molar-refractivity contribution in [3.05, 3.63) is 150 Å². The molecular weight excluding hydrogens is 436 g/mol. The fraction of sp³-hybridized carbons (Fsp3) is 0.161. The first-order valence-corrected chi connectivity index (χ1v) is 11.8. The van der Waals surface area contributed by atoms with Crippen LogP contribution in [-0.4, -0.2) is 30.2 Å². The van der Waals surface area contributed by atoms with Crippen LogP contribution in [0.1, 0.15) is 16.7 Å². The minimum absolute atomic E-state index is 0.152. The summed E-state index contributed by atoms with van der Waals surface area (Å²) in [5.74, 6) is 0.699. The molecule has 4 aromatic carbocycles. The molecule has 3 atom stereocenters. The number of ether oxygens (including phenoxy) is 3. The summed E-state index contributed by atoms with van der Waals surface area (Å²) in [7, 11) is 0. The molecule has 4 aromatic rings. The molecule has 4 nitrogen and oxygen atoms in total. The van der Waals surface area contributed by atoms with Crippen LogP contribution in [0.2, 0.25) is 0 Å². The van der Waals surface area contributed by atoms with E-state index in [0.29, 0.717) is 5.75 Å². The van der Waals surface area contributed by atoms with Gasteiger partial charge in [0, 0.05) is 0 Å². The normalized spacial score (nSPS) is 19.9. The van der Waals surface area contributed by atoms with Crippen molar-refractivity contribution in [2.24, 2.45) is 0 Å². The first-order valence-electron chi connectivity index (χ1n) is 11.8. The smallest absolute Gasteiger partial charge is 0.220 e. The molecule has 0 unspecified atom stereocenters. The van der Waals surface area contributed by atoms with E-state index >= 15 is 0 Å². The molecule has 0 spiro atoms. The zero-order valence-corrected chi connectivity index (χ0v) is 19.3. The van der Waals surface area contributed by atoms with Crippen LogP contribution in [-0.2, 0) is 15.1 Å². The van der Waals surface area contributed by atoms with Crippen molar-refractivity contribution < 1.29 is 19.3 Å². The highest BCUT2D eigenvalue weighted by Crippen LogP contribution is 2.40. The molecule has 1 heterocycles. The molecule has 176 valence electrons. The molecule has 1 aliphatic rings. The predicted molar refractivity (Wildman–Crippen MR) is 136 cm³/mol. The largest absolute Gasteiger partial charge is 0.461 e. The van der Waals surface area contributed by atoms with E-state index in [1.54, 1.807) is 12.2 Å². The third kappa shape index (κ3) is 5.05. The van der Waals surface area contributed by atoms with Crippen LogP contribution < -0.4 is 4.74 Å². The lowest BCUT2D eigenvalue weighted by Gasteiger charge is -2.38. The molecule has 4 heteroatoms. The minimum atomic E-state index is -0.885. The third-order valence-corrected chi connectivity index (χ3v) is 6.16. The lowest BCUT2D eigenvalue weighted by molar-refractivity contribution is -0.163. The SMILES string of the molecule is O[C@@H]1C=C[C@H](Oc2ccccc2)O[C@@H]1COC(c1ccccc1)(c1ccccc1)c1ccccc1. The Morgan fingerprint density at radius 3 is 1.57 bits per heavy atom. The van der Waals surface area contributed by atoms with Crippen LogP contribution in [0.5, 0.6) is 5.75 Å². The average molecular weight is 465 g/mol. The Balaban J connectivity index is 1.47. The van der Waals surface area contributed by atoms with Gasteiger partial charge in [-0.15, -0.1) is 0 Å². The first-order chi connectivity index (χ1) is 17.3. The topological polar surface area (TPSA) is 47.9 Å². The van der Waals surface area contributed by atoms with E-state index < -0.39 is 24.1 Å². The maximum atomic E-state index is 10.7. The van der Waals surface area contributed by atoms with Crippen molar-refractivity contribution in [1.82, 2.24) is 0 Å². The van der Waals surface area contributed by atoms with Gasteiger partial charge >= 0.3 is 0 Å². The van der Waals surface area contributed by atoms with Gasteiger partial charge in [0.1, 0.15) is 23.6 Å². The number of hydrogen-bond acceptors (Lipinski definition) is 4. The standard InChI is InChI=1S/C31H28O4/c32-28-21-22-30(34-27-19-11-4-12-20-27)35-29(28)23-33-31(24-13-5-1-6-14-24,25-15-7-2-8-16-25)26-17-9-3-10-18-26/h1-22,28-30,32H,23H2/t28-,29-,30-/m1/s1. The maximum Gasteiger partial charge on any atom is 0.220 e. The van der Waals surface area contributed by atoms with E-state index in [1.807, 2.05) is 84.9 Å². The number of aliphatic hydroxyl groups excluding tert-OH is 1. The molecular formula is C31H28O4. The van der Waals surface area contributed by atoms with Crippen molar-refractivity contribution in [2.45, 2.75) is 24.1 Å². The van der Waals surface area contributed by atoms with Gasteiger partial charge in [-0.25, -0.2) is 0 Å². The minimum Gasteiger partial charge on any atom is -0.461 e. The second kappa shape index (κ2) is 10.7. The summed E-state index contributed by atoms with van der Waals surface area (Å²) in [6.07, 6.45) is 1.40. The van der Waals surface area contributed by atoms with Crippen molar-refractivity contribution in [3.8, 4) is 5.75 Å².